The van der Waals surface area contributed by atoms with E-state index in [1.807, 2.05) is 36.2 Å². The van der Waals surface area contributed by atoms with Crippen molar-refractivity contribution in [3.05, 3.63) is 42.6 Å². The molecule has 4 rings (SSSR count). The number of anilines is 1. The Labute approximate surface area is 157 Å². The SMILES string of the molecule is Cc1ccn(-c2ccc(N3CCN(S(=O)(=O)c4cn(C)cn4)CC3)nn2)n1. The maximum absolute atomic E-state index is 12.6. The predicted molar refractivity (Wildman–Crippen MR) is 98.1 cm³/mol. The first-order valence-corrected chi connectivity index (χ1v) is 9.97. The molecule has 0 saturated carbocycles. The van der Waals surface area contributed by atoms with Gasteiger partial charge < -0.3 is 9.47 Å². The fourth-order valence-corrected chi connectivity index (χ4v) is 4.35. The van der Waals surface area contributed by atoms with E-state index in [0.29, 0.717) is 32.0 Å². The molecule has 27 heavy (non-hydrogen) atoms. The molecule has 1 fully saturated rings. The Bertz CT molecular complexity index is 1030. The van der Waals surface area contributed by atoms with Gasteiger partial charge in [0.1, 0.15) is 0 Å². The molecule has 0 atom stereocenters. The summed E-state index contributed by atoms with van der Waals surface area (Å²) >= 11 is 0. The van der Waals surface area contributed by atoms with Crippen molar-refractivity contribution < 1.29 is 8.42 Å². The van der Waals surface area contributed by atoms with Crippen LogP contribution in [0.3, 0.4) is 0 Å². The Morgan fingerprint density at radius 1 is 1.00 bits per heavy atom. The van der Waals surface area contributed by atoms with Gasteiger partial charge in [-0.2, -0.15) is 9.40 Å². The summed E-state index contributed by atoms with van der Waals surface area (Å²) in [5, 5.41) is 12.9. The van der Waals surface area contributed by atoms with Crippen molar-refractivity contribution in [1.29, 1.82) is 0 Å². The molecule has 3 aromatic heterocycles. The number of rotatable bonds is 4. The molecular formula is C16H20N8O2S. The molecule has 0 spiro atoms. The first-order valence-electron chi connectivity index (χ1n) is 8.53. The third-order valence-electron chi connectivity index (χ3n) is 4.44. The highest BCUT2D eigenvalue weighted by Gasteiger charge is 2.30. The molecule has 11 heteroatoms. The van der Waals surface area contributed by atoms with E-state index in [2.05, 4.69) is 20.3 Å². The van der Waals surface area contributed by atoms with Crippen LogP contribution < -0.4 is 4.90 Å². The zero-order valence-corrected chi connectivity index (χ0v) is 15.9. The summed E-state index contributed by atoms with van der Waals surface area (Å²) < 4.78 is 30.0. The van der Waals surface area contributed by atoms with E-state index in [-0.39, 0.29) is 5.03 Å². The molecule has 4 heterocycles. The third-order valence-corrected chi connectivity index (χ3v) is 6.23. The maximum atomic E-state index is 12.6. The van der Waals surface area contributed by atoms with E-state index < -0.39 is 10.0 Å². The van der Waals surface area contributed by atoms with Crippen LogP contribution in [-0.2, 0) is 17.1 Å². The maximum Gasteiger partial charge on any atom is 0.262 e. The normalized spacial score (nSPS) is 16.0. The average Bonchev–Trinajstić information content (AvgIpc) is 3.31. The van der Waals surface area contributed by atoms with Crippen LogP contribution >= 0.6 is 0 Å². The van der Waals surface area contributed by atoms with Crippen molar-refractivity contribution >= 4 is 15.8 Å². The molecule has 1 aliphatic heterocycles. The summed E-state index contributed by atoms with van der Waals surface area (Å²) in [6.45, 7) is 3.75. The summed E-state index contributed by atoms with van der Waals surface area (Å²) in [5.74, 6) is 1.36. The van der Waals surface area contributed by atoms with Crippen molar-refractivity contribution in [3.8, 4) is 5.82 Å². The number of piperazine rings is 1. The quantitative estimate of drug-likeness (QED) is 0.630. The van der Waals surface area contributed by atoms with Gasteiger partial charge in [0.2, 0.25) is 0 Å². The van der Waals surface area contributed by atoms with Crippen molar-refractivity contribution in [2.75, 3.05) is 31.1 Å². The van der Waals surface area contributed by atoms with E-state index in [1.165, 1.54) is 16.8 Å². The first kappa shape index (κ1) is 17.6. The Kier molecular flexibility index (Phi) is 4.40. The highest BCUT2D eigenvalue weighted by atomic mass is 32.2. The van der Waals surface area contributed by atoms with Crippen molar-refractivity contribution in [1.82, 2.24) is 33.8 Å². The zero-order valence-electron chi connectivity index (χ0n) is 15.1. The Morgan fingerprint density at radius 2 is 1.70 bits per heavy atom. The van der Waals surface area contributed by atoms with Crippen LogP contribution in [0.25, 0.3) is 5.82 Å². The fraction of sp³-hybridized carbons (Fsp3) is 0.375. The van der Waals surface area contributed by atoms with Crippen LogP contribution in [0.1, 0.15) is 5.69 Å². The number of aryl methyl sites for hydroxylation is 2. The van der Waals surface area contributed by atoms with Gasteiger partial charge in [-0.3, -0.25) is 0 Å². The van der Waals surface area contributed by atoms with Crippen molar-refractivity contribution in [2.24, 2.45) is 7.05 Å². The van der Waals surface area contributed by atoms with Gasteiger partial charge in [0.05, 0.1) is 12.0 Å². The summed E-state index contributed by atoms with van der Waals surface area (Å²) in [7, 11) is -1.81. The smallest absolute Gasteiger partial charge is 0.262 e. The van der Waals surface area contributed by atoms with Crippen LogP contribution in [0, 0.1) is 6.92 Å². The lowest BCUT2D eigenvalue weighted by Gasteiger charge is -2.33. The van der Waals surface area contributed by atoms with E-state index >= 15 is 0 Å². The molecular weight excluding hydrogens is 368 g/mol. The Hall–Kier alpha value is -2.79. The Morgan fingerprint density at radius 3 is 2.26 bits per heavy atom. The van der Waals surface area contributed by atoms with Gasteiger partial charge in [-0.25, -0.2) is 18.1 Å². The molecule has 3 aromatic rings. The minimum Gasteiger partial charge on any atom is -0.352 e. The van der Waals surface area contributed by atoms with Crippen LogP contribution in [0.4, 0.5) is 5.82 Å². The highest BCUT2D eigenvalue weighted by Crippen LogP contribution is 2.19. The molecule has 0 amide bonds. The number of sulfonamides is 1. The third kappa shape index (κ3) is 3.43. The van der Waals surface area contributed by atoms with E-state index in [4.69, 9.17) is 0 Å². The van der Waals surface area contributed by atoms with Crippen LogP contribution in [0.2, 0.25) is 0 Å². The van der Waals surface area contributed by atoms with Crippen LogP contribution in [0.5, 0.6) is 0 Å². The summed E-state index contributed by atoms with van der Waals surface area (Å²) in [4.78, 5) is 5.99. The summed E-state index contributed by atoms with van der Waals surface area (Å²) in [5.41, 5.74) is 0.908. The number of nitrogens with zero attached hydrogens (tertiary/aromatic N) is 8. The second-order valence-corrected chi connectivity index (χ2v) is 8.30. The van der Waals surface area contributed by atoms with Gasteiger partial charge >= 0.3 is 0 Å². The van der Waals surface area contributed by atoms with E-state index in [9.17, 15) is 8.42 Å². The largest absolute Gasteiger partial charge is 0.352 e. The topological polar surface area (TPSA) is 102 Å². The molecule has 0 unspecified atom stereocenters. The molecule has 0 N–H and O–H groups in total. The monoisotopic (exact) mass is 388 g/mol. The van der Waals surface area contributed by atoms with E-state index in [1.54, 1.807) is 16.3 Å². The molecule has 1 aliphatic rings. The van der Waals surface area contributed by atoms with Gasteiger partial charge in [-0.15, -0.1) is 10.2 Å². The molecule has 142 valence electrons. The van der Waals surface area contributed by atoms with Gasteiger partial charge in [0, 0.05) is 45.6 Å². The Balaban J connectivity index is 1.43. The molecule has 10 nitrogen and oxygen atoms in total. The molecule has 0 bridgehead atoms. The first-order chi connectivity index (χ1) is 12.9. The molecule has 0 radical (unpaired) electrons. The lowest BCUT2D eigenvalue weighted by atomic mass is 10.3. The van der Waals surface area contributed by atoms with E-state index in [0.717, 1.165) is 11.5 Å². The predicted octanol–water partition coefficient (Wildman–Crippen LogP) is 0.215. The minimum absolute atomic E-state index is 0.0807. The number of imidazole rings is 1. The second-order valence-electron chi connectivity index (χ2n) is 6.42. The summed E-state index contributed by atoms with van der Waals surface area (Å²) in [6.07, 6.45) is 4.84. The lowest BCUT2D eigenvalue weighted by Crippen LogP contribution is -2.49. The molecule has 0 aromatic carbocycles. The van der Waals surface area contributed by atoms with Crippen molar-refractivity contribution in [3.63, 3.8) is 0 Å². The van der Waals surface area contributed by atoms with Gasteiger partial charge in [0.25, 0.3) is 10.0 Å². The van der Waals surface area contributed by atoms with Gasteiger partial charge in [0.15, 0.2) is 16.7 Å². The van der Waals surface area contributed by atoms with Gasteiger partial charge in [-0.05, 0) is 25.1 Å². The number of aromatic nitrogens is 6. The molecule has 1 saturated heterocycles. The minimum atomic E-state index is -3.56. The highest BCUT2D eigenvalue weighted by molar-refractivity contribution is 7.89. The standard InChI is InChI=1S/C16H20N8O2S/c1-13-5-6-24(20-13)15-4-3-14(18-19-15)22-7-9-23(10-8-22)27(25,26)16-11-21(2)12-17-16/h3-6,11-12H,7-10H2,1-2H3. The lowest BCUT2D eigenvalue weighted by molar-refractivity contribution is 0.382. The fourth-order valence-electron chi connectivity index (χ4n) is 2.96. The average molecular weight is 388 g/mol. The zero-order chi connectivity index (χ0) is 19.0. The number of hydrogen-bond acceptors (Lipinski definition) is 7. The summed E-state index contributed by atoms with van der Waals surface area (Å²) in [6, 6.07) is 5.63. The van der Waals surface area contributed by atoms with Crippen LogP contribution in [-0.4, -0.2) is 68.4 Å². The van der Waals surface area contributed by atoms with Gasteiger partial charge in [-0.1, -0.05) is 0 Å². The van der Waals surface area contributed by atoms with Crippen LogP contribution in [0.15, 0.2) is 41.9 Å². The number of hydrogen-bond donors (Lipinski definition) is 0. The second kappa shape index (κ2) is 6.74. The molecule has 0 aliphatic carbocycles. The van der Waals surface area contributed by atoms with Crippen molar-refractivity contribution in [2.45, 2.75) is 11.9 Å².